The number of allylic oxidation sites excluding steroid dienone is 1. The van der Waals surface area contributed by atoms with Crippen molar-refractivity contribution in [3.63, 3.8) is 0 Å². The van der Waals surface area contributed by atoms with Gasteiger partial charge in [0, 0.05) is 22.5 Å². The Morgan fingerprint density at radius 2 is 1.88 bits per heavy atom. The molecule has 0 saturated heterocycles. The van der Waals surface area contributed by atoms with Gasteiger partial charge in [0.25, 0.3) is 0 Å². The van der Waals surface area contributed by atoms with Crippen molar-refractivity contribution in [2.45, 2.75) is 6.18 Å². The Bertz CT molecular complexity index is 410. The SMILES string of the molecule is N=C/C(=C\NCC(F)(F)F)c1ccc(Br)cc1. The van der Waals surface area contributed by atoms with Crippen molar-refractivity contribution >= 4 is 27.7 Å². The Morgan fingerprint density at radius 1 is 1.29 bits per heavy atom. The normalized spacial score (nSPS) is 12.4. The zero-order chi connectivity index (χ0) is 12.9. The molecule has 0 aromatic heterocycles. The summed E-state index contributed by atoms with van der Waals surface area (Å²) in [6.45, 7) is -1.11. The Balaban J connectivity index is 2.74. The van der Waals surface area contributed by atoms with E-state index >= 15 is 0 Å². The van der Waals surface area contributed by atoms with Crippen LogP contribution < -0.4 is 5.32 Å². The molecule has 17 heavy (non-hydrogen) atoms. The number of nitrogens with one attached hydrogen (secondary N) is 2. The van der Waals surface area contributed by atoms with E-state index in [1.54, 1.807) is 24.3 Å². The Kier molecular flexibility index (Phi) is 4.74. The molecular weight excluding hydrogens is 297 g/mol. The van der Waals surface area contributed by atoms with Gasteiger partial charge in [-0.25, -0.2) is 0 Å². The average molecular weight is 307 g/mol. The van der Waals surface area contributed by atoms with Gasteiger partial charge in [0.2, 0.25) is 0 Å². The number of benzene rings is 1. The van der Waals surface area contributed by atoms with Gasteiger partial charge in [-0.05, 0) is 17.7 Å². The van der Waals surface area contributed by atoms with E-state index in [0.29, 0.717) is 11.1 Å². The van der Waals surface area contributed by atoms with E-state index in [9.17, 15) is 13.2 Å². The highest BCUT2D eigenvalue weighted by Gasteiger charge is 2.25. The second kappa shape index (κ2) is 5.86. The van der Waals surface area contributed by atoms with E-state index in [0.717, 1.165) is 10.7 Å². The standard InChI is InChI=1S/C11H10BrF3N2/c12-10-3-1-8(2-4-10)9(5-16)6-17-7-11(13,14)15/h1-6,16-17H,7H2/b9-6+,16-5?. The van der Waals surface area contributed by atoms with Crippen LogP contribution in [0.15, 0.2) is 34.9 Å². The van der Waals surface area contributed by atoms with Crippen LogP contribution in [0.1, 0.15) is 5.56 Å². The molecule has 0 aliphatic rings. The fourth-order valence-corrected chi connectivity index (χ4v) is 1.39. The molecule has 1 rings (SSSR count). The summed E-state index contributed by atoms with van der Waals surface area (Å²) in [7, 11) is 0. The minimum absolute atomic E-state index is 0.391. The minimum Gasteiger partial charge on any atom is -0.382 e. The monoisotopic (exact) mass is 306 g/mol. The lowest BCUT2D eigenvalue weighted by Gasteiger charge is -2.07. The molecule has 2 nitrogen and oxygen atoms in total. The van der Waals surface area contributed by atoms with Crippen molar-refractivity contribution in [1.82, 2.24) is 5.32 Å². The molecule has 0 saturated carbocycles. The van der Waals surface area contributed by atoms with E-state index in [1.807, 2.05) is 0 Å². The fraction of sp³-hybridized carbons (Fsp3) is 0.182. The summed E-state index contributed by atoms with van der Waals surface area (Å²) in [5.74, 6) is 0. The van der Waals surface area contributed by atoms with Crippen molar-refractivity contribution in [2.24, 2.45) is 0 Å². The summed E-state index contributed by atoms with van der Waals surface area (Å²) in [4.78, 5) is 0. The van der Waals surface area contributed by atoms with Gasteiger partial charge in [-0.1, -0.05) is 28.1 Å². The van der Waals surface area contributed by atoms with Gasteiger partial charge < -0.3 is 10.7 Å². The molecule has 0 atom stereocenters. The first kappa shape index (κ1) is 13.8. The second-order valence-corrected chi connectivity index (χ2v) is 4.16. The molecule has 0 amide bonds. The van der Waals surface area contributed by atoms with Crippen molar-refractivity contribution < 1.29 is 13.2 Å². The molecule has 0 aliphatic heterocycles. The van der Waals surface area contributed by atoms with Crippen LogP contribution in [0.25, 0.3) is 5.57 Å². The average Bonchev–Trinajstić information content (AvgIpc) is 2.24. The summed E-state index contributed by atoms with van der Waals surface area (Å²) in [6, 6.07) is 6.96. The second-order valence-electron chi connectivity index (χ2n) is 3.25. The Morgan fingerprint density at radius 3 is 2.35 bits per heavy atom. The third-order valence-electron chi connectivity index (χ3n) is 1.89. The zero-order valence-electron chi connectivity index (χ0n) is 8.68. The summed E-state index contributed by atoms with van der Waals surface area (Å²) in [6.07, 6.45) is -2.07. The van der Waals surface area contributed by atoms with Crippen LogP contribution in [0, 0.1) is 5.41 Å². The highest BCUT2D eigenvalue weighted by molar-refractivity contribution is 9.10. The molecule has 1 aromatic carbocycles. The predicted molar refractivity (Wildman–Crippen MR) is 65.0 cm³/mol. The summed E-state index contributed by atoms with van der Waals surface area (Å²) in [5.41, 5.74) is 1.07. The maximum Gasteiger partial charge on any atom is 0.405 e. The Labute approximate surface area is 105 Å². The lowest BCUT2D eigenvalue weighted by atomic mass is 10.1. The molecule has 2 N–H and O–H groups in total. The largest absolute Gasteiger partial charge is 0.405 e. The van der Waals surface area contributed by atoms with E-state index in [1.165, 1.54) is 6.20 Å². The summed E-state index contributed by atoms with van der Waals surface area (Å²) in [5, 5.41) is 9.30. The van der Waals surface area contributed by atoms with Gasteiger partial charge in [0.05, 0.1) is 0 Å². The van der Waals surface area contributed by atoms with Crippen LogP contribution in [-0.4, -0.2) is 18.9 Å². The van der Waals surface area contributed by atoms with Gasteiger partial charge in [0.1, 0.15) is 6.54 Å². The number of rotatable bonds is 4. The molecule has 0 spiro atoms. The predicted octanol–water partition coefficient (Wildman–Crippen LogP) is 3.59. The van der Waals surface area contributed by atoms with Crippen LogP contribution in [-0.2, 0) is 0 Å². The zero-order valence-corrected chi connectivity index (χ0v) is 10.3. The van der Waals surface area contributed by atoms with Gasteiger partial charge in [-0.15, -0.1) is 0 Å². The molecule has 0 fully saturated rings. The quantitative estimate of drug-likeness (QED) is 0.819. The number of hydrogen-bond donors (Lipinski definition) is 2. The van der Waals surface area contributed by atoms with Crippen LogP contribution in [0.5, 0.6) is 0 Å². The smallest absolute Gasteiger partial charge is 0.382 e. The first-order chi connectivity index (χ1) is 7.92. The highest BCUT2D eigenvalue weighted by Crippen LogP contribution is 2.17. The van der Waals surface area contributed by atoms with Gasteiger partial charge >= 0.3 is 6.18 Å². The third kappa shape index (κ3) is 5.04. The molecule has 0 radical (unpaired) electrons. The molecule has 0 unspecified atom stereocenters. The molecule has 1 aromatic rings. The maximum absolute atomic E-state index is 11.9. The minimum atomic E-state index is -4.26. The number of halogens is 4. The lowest BCUT2D eigenvalue weighted by Crippen LogP contribution is -2.25. The van der Waals surface area contributed by atoms with Gasteiger partial charge in [0.15, 0.2) is 0 Å². The van der Waals surface area contributed by atoms with Crippen LogP contribution in [0.2, 0.25) is 0 Å². The third-order valence-corrected chi connectivity index (χ3v) is 2.42. The van der Waals surface area contributed by atoms with Crippen LogP contribution in [0.3, 0.4) is 0 Å². The van der Waals surface area contributed by atoms with Crippen molar-refractivity contribution in [3.05, 3.63) is 40.5 Å². The van der Waals surface area contributed by atoms with E-state index in [-0.39, 0.29) is 0 Å². The highest BCUT2D eigenvalue weighted by atomic mass is 79.9. The van der Waals surface area contributed by atoms with E-state index in [2.05, 4.69) is 21.2 Å². The van der Waals surface area contributed by atoms with Crippen molar-refractivity contribution in [1.29, 1.82) is 5.41 Å². The molecular formula is C11H10BrF3N2. The van der Waals surface area contributed by atoms with Gasteiger partial charge in [-0.3, -0.25) is 0 Å². The van der Waals surface area contributed by atoms with E-state index < -0.39 is 12.7 Å². The van der Waals surface area contributed by atoms with E-state index in [4.69, 9.17) is 5.41 Å². The summed E-state index contributed by atoms with van der Waals surface area (Å²) >= 11 is 3.25. The van der Waals surface area contributed by atoms with Gasteiger partial charge in [-0.2, -0.15) is 13.2 Å². The van der Waals surface area contributed by atoms with Crippen LogP contribution >= 0.6 is 15.9 Å². The first-order valence-corrected chi connectivity index (χ1v) is 5.48. The fourth-order valence-electron chi connectivity index (χ4n) is 1.13. The molecule has 92 valence electrons. The number of hydrogen-bond acceptors (Lipinski definition) is 2. The topological polar surface area (TPSA) is 35.9 Å². The number of alkyl halides is 3. The maximum atomic E-state index is 11.9. The molecule has 0 heterocycles. The summed E-state index contributed by atoms with van der Waals surface area (Å²) < 4.78 is 36.6. The van der Waals surface area contributed by atoms with Crippen molar-refractivity contribution in [2.75, 3.05) is 6.54 Å². The molecule has 6 heteroatoms. The Hall–Kier alpha value is -1.30. The molecule has 0 aliphatic carbocycles. The van der Waals surface area contributed by atoms with Crippen LogP contribution in [0.4, 0.5) is 13.2 Å². The first-order valence-electron chi connectivity index (χ1n) is 4.69. The van der Waals surface area contributed by atoms with Crippen molar-refractivity contribution in [3.8, 4) is 0 Å². The molecule has 0 bridgehead atoms. The lowest BCUT2D eigenvalue weighted by molar-refractivity contribution is -0.122.